The number of hydrogen-bond acceptors (Lipinski definition) is 5. The Labute approximate surface area is 150 Å². The van der Waals surface area contributed by atoms with Gasteiger partial charge in [0.2, 0.25) is 0 Å². The van der Waals surface area contributed by atoms with Crippen LogP contribution in [0.1, 0.15) is 40.8 Å². The molecule has 0 radical (unpaired) electrons. The lowest BCUT2D eigenvalue weighted by Gasteiger charge is -2.37. The second kappa shape index (κ2) is 6.76. The molecule has 3 heterocycles. The van der Waals surface area contributed by atoms with Crippen LogP contribution < -0.4 is 5.32 Å². The molecule has 0 spiro atoms. The van der Waals surface area contributed by atoms with E-state index in [4.69, 9.17) is 4.42 Å². The molecule has 3 N–H and O–H groups in total. The van der Waals surface area contributed by atoms with E-state index in [9.17, 15) is 9.90 Å². The summed E-state index contributed by atoms with van der Waals surface area (Å²) in [5.74, 6) is 1.31. The predicted octanol–water partition coefficient (Wildman–Crippen LogP) is 2.62. The Morgan fingerprint density at radius 2 is 2.19 bits per heavy atom. The number of rotatable bonds is 5. The number of H-pyrrole nitrogens is 1. The molecule has 3 aromatic rings. The quantitative estimate of drug-likeness (QED) is 0.655. The number of aromatic nitrogens is 3. The van der Waals surface area contributed by atoms with Gasteiger partial charge in [0.1, 0.15) is 11.5 Å². The summed E-state index contributed by atoms with van der Waals surface area (Å²) in [6.07, 6.45) is 2.70. The zero-order valence-electron chi connectivity index (χ0n) is 14.3. The van der Waals surface area contributed by atoms with Gasteiger partial charge >= 0.3 is 0 Å². The van der Waals surface area contributed by atoms with Crippen LogP contribution in [-0.2, 0) is 0 Å². The highest BCUT2D eigenvalue weighted by atomic mass is 16.3. The number of nitrogens with one attached hydrogen (secondary N) is 2. The minimum absolute atomic E-state index is 0.162. The van der Waals surface area contributed by atoms with Crippen molar-refractivity contribution in [2.45, 2.75) is 31.9 Å². The number of hydrogen-bond donors (Lipinski definition) is 3. The van der Waals surface area contributed by atoms with Crippen LogP contribution in [0.15, 0.2) is 47.0 Å². The van der Waals surface area contributed by atoms with Gasteiger partial charge in [-0.05, 0) is 49.9 Å². The Bertz CT molecular complexity index is 896. The SMILES string of the molecule is Cc1ccc(-c2cc(C(=O)N[C@@H](c3ccccn3)C3CC(O)C3)n[nH]2)o1. The van der Waals surface area contributed by atoms with Crippen LogP contribution in [0.25, 0.3) is 11.5 Å². The van der Waals surface area contributed by atoms with Crippen LogP contribution in [0.4, 0.5) is 0 Å². The highest BCUT2D eigenvalue weighted by molar-refractivity contribution is 5.93. The monoisotopic (exact) mass is 352 g/mol. The largest absolute Gasteiger partial charge is 0.460 e. The van der Waals surface area contributed by atoms with E-state index in [1.54, 1.807) is 12.3 Å². The fourth-order valence-electron chi connectivity index (χ4n) is 3.25. The number of carbonyl (C=O) groups is 1. The Kier molecular flexibility index (Phi) is 4.30. The number of aliphatic hydroxyl groups is 1. The Morgan fingerprint density at radius 3 is 2.85 bits per heavy atom. The maximum absolute atomic E-state index is 12.7. The lowest BCUT2D eigenvalue weighted by Crippen LogP contribution is -2.41. The van der Waals surface area contributed by atoms with Gasteiger partial charge < -0.3 is 14.8 Å². The Balaban J connectivity index is 1.52. The van der Waals surface area contributed by atoms with Crippen LogP contribution in [-0.4, -0.2) is 32.3 Å². The van der Waals surface area contributed by atoms with Crippen molar-refractivity contribution < 1.29 is 14.3 Å². The maximum Gasteiger partial charge on any atom is 0.272 e. The van der Waals surface area contributed by atoms with Crippen molar-refractivity contribution in [2.75, 3.05) is 0 Å². The zero-order chi connectivity index (χ0) is 18.1. The summed E-state index contributed by atoms with van der Waals surface area (Å²) in [6.45, 7) is 1.86. The molecule has 7 heteroatoms. The maximum atomic E-state index is 12.7. The van der Waals surface area contributed by atoms with Gasteiger partial charge in [0, 0.05) is 12.3 Å². The smallest absolute Gasteiger partial charge is 0.272 e. The van der Waals surface area contributed by atoms with E-state index in [-0.39, 0.29) is 29.7 Å². The molecule has 1 saturated carbocycles. The number of aryl methyl sites for hydroxylation is 1. The normalized spacial score (nSPS) is 20.4. The number of amides is 1. The molecule has 4 rings (SSSR count). The molecule has 0 bridgehead atoms. The molecule has 1 aliphatic carbocycles. The molecule has 7 nitrogen and oxygen atoms in total. The first-order valence-electron chi connectivity index (χ1n) is 8.62. The van der Waals surface area contributed by atoms with E-state index >= 15 is 0 Å². The van der Waals surface area contributed by atoms with Crippen molar-refractivity contribution >= 4 is 5.91 Å². The molecule has 1 fully saturated rings. The van der Waals surface area contributed by atoms with E-state index in [0.29, 0.717) is 24.3 Å². The standard InChI is InChI=1S/C19H20N4O3/c1-11-5-6-17(26-11)15-10-16(23-22-15)19(25)21-18(12-8-13(24)9-12)14-4-2-3-7-20-14/h2-7,10,12-13,18,24H,8-9H2,1H3,(H,21,25)(H,22,23)/t12?,13?,18-/m1/s1. The average molecular weight is 352 g/mol. The van der Waals surface area contributed by atoms with Gasteiger partial charge in [-0.25, -0.2) is 0 Å². The first-order chi connectivity index (χ1) is 12.6. The third-order valence-corrected chi connectivity index (χ3v) is 4.73. The molecule has 0 saturated heterocycles. The summed E-state index contributed by atoms with van der Waals surface area (Å²) in [7, 11) is 0. The molecule has 0 aromatic carbocycles. The van der Waals surface area contributed by atoms with Gasteiger partial charge in [-0.1, -0.05) is 6.07 Å². The van der Waals surface area contributed by atoms with E-state index in [2.05, 4.69) is 20.5 Å². The van der Waals surface area contributed by atoms with Gasteiger partial charge in [0.15, 0.2) is 11.5 Å². The Hall–Kier alpha value is -2.93. The third kappa shape index (κ3) is 3.25. The fraction of sp³-hybridized carbons (Fsp3) is 0.316. The van der Waals surface area contributed by atoms with Crippen molar-refractivity contribution in [3.05, 3.63) is 59.7 Å². The number of pyridine rings is 1. The van der Waals surface area contributed by atoms with Crippen LogP contribution in [0.2, 0.25) is 0 Å². The average Bonchev–Trinajstić information content (AvgIpc) is 3.27. The minimum Gasteiger partial charge on any atom is -0.460 e. The van der Waals surface area contributed by atoms with Gasteiger partial charge in [-0.15, -0.1) is 0 Å². The summed E-state index contributed by atoms with van der Waals surface area (Å²) >= 11 is 0. The second-order valence-corrected chi connectivity index (χ2v) is 6.67. The third-order valence-electron chi connectivity index (χ3n) is 4.73. The highest BCUT2D eigenvalue weighted by Crippen LogP contribution is 2.37. The summed E-state index contributed by atoms with van der Waals surface area (Å²) in [6, 6.07) is 10.7. The molecule has 1 aliphatic rings. The lowest BCUT2D eigenvalue weighted by atomic mass is 9.76. The number of aromatic amines is 1. The molecule has 26 heavy (non-hydrogen) atoms. The van der Waals surface area contributed by atoms with E-state index < -0.39 is 0 Å². The molecule has 0 unspecified atom stereocenters. The molecule has 1 amide bonds. The molecule has 3 aromatic heterocycles. The number of carbonyl (C=O) groups excluding carboxylic acids is 1. The minimum atomic E-state index is -0.303. The van der Waals surface area contributed by atoms with Crippen molar-refractivity contribution in [3.63, 3.8) is 0 Å². The van der Waals surface area contributed by atoms with Crippen molar-refractivity contribution in [1.82, 2.24) is 20.5 Å². The van der Waals surface area contributed by atoms with Crippen LogP contribution in [0.5, 0.6) is 0 Å². The van der Waals surface area contributed by atoms with E-state index in [1.807, 2.05) is 37.3 Å². The molecule has 134 valence electrons. The van der Waals surface area contributed by atoms with Gasteiger partial charge in [-0.3, -0.25) is 14.9 Å². The highest BCUT2D eigenvalue weighted by Gasteiger charge is 2.36. The van der Waals surface area contributed by atoms with E-state index in [1.165, 1.54) is 0 Å². The van der Waals surface area contributed by atoms with Crippen molar-refractivity contribution in [2.24, 2.45) is 5.92 Å². The number of furan rings is 1. The number of aliphatic hydroxyl groups excluding tert-OH is 1. The van der Waals surface area contributed by atoms with E-state index in [0.717, 1.165) is 11.5 Å². The lowest BCUT2D eigenvalue weighted by molar-refractivity contribution is 0.0227. The Morgan fingerprint density at radius 1 is 1.35 bits per heavy atom. The zero-order valence-corrected chi connectivity index (χ0v) is 14.3. The summed E-state index contributed by atoms with van der Waals surface area (Å²) in [4.78, 5) is 17.1. The summed E-state index contributed by atoms with van der Waals surface area (Å²) in [5.41, 5.74) is 1.72. The second-order valence-electron chi connectivity index (χ2n) is 6.67. The summed E-state index contributed by atoms with van der Waals surface area (Å²) in [5, 5.41) is 19.6. The van der Waals surface area contributed by atoms with Gasteiger partial charge in [0.05, 0.1) is 17.8 Å². The fourth-order valence-corrected chi connectivity index (χ4v) is 3.25. The molecule has 1 atom stereocenters. The van der Waals surface area contributed by atoms with Crippen LogP contribution >= 0.6 is 0 Å². The van der Waals surface area contributed by atoms with Crippen molar-refractivity contribution in [1.29, 1.82) is 0 Å². The molecular weight excluding hydrogens is 332 g/mol. The number of nitrogens with zero attached hydrogens (tertiary/aromatic N) is 2. The summed E-state index contributed by atoms with van der Waals surface area (Å²) < 4.78 is 5.55. The topological polar surface area (TPSA) is 104 Å². The van der Waals surface area contributed by atoms with Crippen LogP contribution in [0, 0.1) is 12.8 Å². The van der Waals surface area contributed by atoms with Gasteiger partial charge in [-0.2, -0.15) is 5.10 Å². The predicted molar refractivity (Wildman–Crippen MR) is 94.2 cm³/mol. The first-order valence-corrected chi connectivity index (χ1v) is 8.62. The van der Waals surface area contributed by atoms with Gasteiger partial charge in [0.25, 0.3) is 5.91 Å². The van der Waals surface area contributed by atoms with Crippen molar-refractivity contribution in [3.8, 4) is 11.5 Å². The molecule has 0 aliphatic heterocycles. The van der Waals surface area contributed by atoms with Crippen LogP contribution in [0.3, 0.4) is 0 Å². The molecular formula is C19H20N4O3. The first kappa shape index (κ1) is 16.5.